The summed E-state index contributed by atoms with van der Waals surface area (Å²) >= 11 is 0. The van der Waals surface area contributed by atoms with Crippen molar-refractivity contribution in [1.29, 1.82) is 0 Å². The molecule has 5 rings (SSSR count). The molecular formula is C20H16F3N2O2+. The van der Waals surface area contributed by atoms with Crippen molar-refractivity contribution >= 4 is 0 Å². The minimum absolute atomic E-state index is 0.105. The summed E-state index contributed by atoms with van der Waals surface area (Å²) < 4.78 is 51.7. The largest absolute Gasteiger partial charge is 0.454 e. The molecule has 0 saturated carbocycles. The van der Waals surface area contributed by atoms with Crippen molar-refractivity contribution in [2.45, 2.75) is 18.8 Å². The lowest BCUT2D eigenvalue weighted by Crippen LogP contribution is -2.83. The van der Waals surface area contributed by atoms with Crippen LogP contribution < -0.4 is 14.8 Å². The Kier molecular flexibility index (Phi) is 3.48. The molecule has 7 heteroatoms. The topological polar surface area (TPSA) is 40.0 Å². The van der Waals surface area contributed by atoms with E-state index in [1.165, 1.54) is 0 Å². The van der Waals surface area contributed by atoms with Gasteiger partial charge in [-0.1, -0.05) is 12.1 Å². The monoisotopic (exact) mass is 373 g/mol. The third-order valence-corrected chi connectivity index (χ3v) is 5.10. The Morgan fingerprint density at radius 2 is 1.74 bits per heavy atom. The minimum Gasteiger partial charge on any atom is -0.454 e. The van der Waals surface area contributed by atoms with Gasteiger partial charge in [-0.05, 0) is 30.3 Å². The first-order valence-corrected chi connectivity index (χ1v) is 8.61. The van der Waals surface area contributed by atoms with Crippen LogP contribution in [0.4, 0.5) is 13.2 Å². The van der Waals surface area contributed by atoms with Crippen LogP contribution in [0.5, 0.6) is 11.5 Å². The van der Waals surface area contributed by atoms with Crippen LogP contribution >= 0.6 is 0 Å². The number of nitrogens with two attached hydrogens (primary N) is 1. The number of rotatable bonds is 1. The van der Waals surface area contributed by atoms with Crippen LogP contribution in [-0.2, 0) is 12.7 Å². The van der Waals surface area contributed by atoms with Crippen molar-refractivity contribution in [1.82, 2.24) is 4.57 Å². The summed E-state index contributed by atoms with van der Waals surface area (Å²) in [6.07, 6.45) is -2.37. The first kappa shape index (κ1) is 16.3. The Morgan fingerprint density at radius 3 is 2.48 bits per heavy atom. The Labute approximate surface area is 153 Å². The van der Waals surface area contributed by atoms with Gasteiger partial charge in [-0.25, -0.2) is 0 Å². The molecule has 0 spiro atoms. The number of quaternary nitrogens is 1. The van der Waals surface area contributed by atoms with Gasteiger partial charge < -0.3 is 19.4 Å². The molecule has 1 atom stereocenters. The van der Waals surface area contributed by atoms with Crippen LogP contribution in [0.1, 0.15) is 28.4 Å². The molecular weight excluding hydrogens is 357 g/mol. The van der Waals surface area contributed by atoms with Crippen LogP contribution in [-0.4, -0.2) is 11.4 Å². The van der Waals surface area contributed by atoms with E-state index in [2.05, 4.69) is 9.88 Å². The highest BCUT2D eigenvalue weighted by molar-refractivity contribution is 5.56. The molecule has 4 nitrogen and oxygen atoms in total. The predicted molar refractivity (Wildman–Crippen MR) is 90.8 cm³/mol. The van der Waals surface area contributed by atoms with Gasteiger partial charge in [0.1, 0.15) is 6.54 Å². The second kappa shape index (κ2) is 5.79. The van der Waals surface area contributed by atoms with Gasteiger partial charge in [-0.3, -0.25) is 0 Å². The minimum atomic E-state index is -4.33. The molecule has 0 radical (unpaired) electrons. The fraction of sp³-hybridized carbons (Fsp3) is 0.200. The fourth-order valence-corrected chi connectivity index (χ4v) is 3.78. The number of nitrogens with zero attached hydrogens (tertiary/aromatic N) is 1. The number of fused-ring (bicyclic) bond motifs is 4. The lowest BCUT2D eigenvalue weighted by Gasteiger charge is -2.16. The summed E-state index contributed by atoms with van der Waals surface area (Å²) in [4.78, 5) is 0. The van der Waals surface area contributed by atoms with E-state index in [-0.39, 0.29) is 12.8 Å². The van der Waals surface area contributed by atoms with Gasteiger partial charge in [0, 0.05) is 23.4 Å². The zero-order valence-electron chi connectivity index (χ0n) is 14.2. The van der Waals surface area contributed by atoms with Crippen molar-refractivity contribution in [3.63, 3.8) is 0 Å². The smallest absolute Gasteiger partial charge is 0.416 e. The number of ether oxygens (including phenoxy) is 2. The first-order valence-electron chi connectivity index (χ1n) is 8.61. The number of hydrogen-bond acceptors (Lipinski definition) is 2. The number of benzene rings is 2. The van der Waals surface area contributed by atoms with Crippen LogP contribution in [0.2, 0.25) is 0 Å². The second-order valence-corrected chi connectivity index (χ2v) is 6.67. The molecule has 0 amide bonds. The molecule has 0 fully saturated rings. The molecule has 2 aliphatic rings. The second-order valence-electron chi connectivity index (χ2n) is 6.67. The van der Waals surface area contributed by atoms with E-state index < -0.39 is 11.7 Å². The fourth-order valence-electron chi connectivity index (χ4n) is 3.78. The van der Waals surface area contributed by atoms with E-state index in [4.69, 9.17) is 9.47 Å². The highest BCUT2D eigenvalue weighted by Crippen LogP contribution is 2.38. The molecule has 0 saturated heterocycles. The van der Waals surface area contributed by atoms with E-state index >= 15 is 0 Å². The molecule has 2 aliphatic heterocycles. The molecule has 27 heavy (non-hydrogen) atoms. The summed E-state index contributed by atoms with van der Waals surface area (Å²) in [7, 11) is 0. The molecule has 2 N–H and O–H groups in total. The average molecular weight is 373 g/mol. The Morgan fingerprint density at radius 1 is 1.00 bits per heavy atom. The highest BCUT2D eigenvalue weighted by atomic mass is 19.4. The summed E-state index contributed by atoms with van der Waals surface area (Å²) in [5.41, 5.74) is 3.29. The van der Waals surface area contributed by atoms with Crippen LogP contribution in [0.3, 0.4) is 0 Å². The van der Waals surface area contributed by atoms with Crippen molar-refractivity contribution in [3.05, 3.63) is 77.1 Å². The van der Waals surface area contributed by atoms with Gasteiger partial charge in [0.25, 0.3) is 0 Å². The van der Waals surface area contributed by atoms with Gasteiger partial charge in [0.2, 0.25) is 6.79 Å². The Hall–Kier alpha value is -2.93. The molecule has 1 aromatic heterocycles. The van der Waals surface area contributed by atoms with Crippen LogP contribution in [0.15, 0.2) is 54.7 Å². The molecule has 138 valence electrons. The van der Waals surface area contributed by atoms with Crippen molar-refractivity contribution in [2.24, 2.45) is 0 Å². The van der Waals surface area contributed by atoms with Gasteiger partial charge in [-0.2, -0.15) is 13.2 Å². The normalized spacial score (nSPS) is 18.0. The predicted octanol–water partition coefficient (Wildman–Crippen LogP) is 3.39. The van der Waals surface area contributed by atoms with Gasteiger partial charge >= 0.3 is 6.18 Å². The summed E-state index contributed by atoms with van der Waals surface area (Å²) in [6.45, 7) is 0.897. The standard InChI is InChI=1S/C20H15F3N2O2/c21-20(22,23)14-5-3-12(4-6-14)19-15-2-1-7-25(15)16-9-18-17(26-11-27-18)8-13(16)10-24-19/h1-9,19,24H,10-11H2/p+1/t19-/m1/s1. The zero-order chi connectivity index (χ0) is 18.6. The molecule has 3 heterocycles. The lowest BCUT2D eigenvalue weighted by molar-refractivity contribution is -0.702. The number of alkyl halides is 3. The first-order chi connectivity index (χ1) is 13.0. The van der Waals surface area contributed by atoms with Crippen molar-refractivity contribution in [2.75, 3.05) is 6.79 Å². The van der Waals surface area contributed by atoms with Crippen molar-refractivity contribution < 1.29 is 28.0 Å². The van der Waals surface area contributed by atoms with Gasteiger partial charge in [0.15, 0.2) is 17.5 Å². The summed E-state index contributed by atoms with van der Waals surface area (Å²) in [6, 6.07) is 13.2. The summed E-state index contributed by atoms with van der Waals surface area (Å²) in [5.74, 6) is 1.44. The molecule has 0 unspecified atom stereocenters. The number of hydrogen-bond donors (Lipinski definition) is 1. The molecule has 2 aromatic carbocycles. The Bertz CT molecular complexity index is 1010. The summed E-state index contributed by atoms with van der Waals surface area (Å²) in [5, 5.41) is 2.13. The van der Waals surface area contributed by atoms with E-state index in [9.17, 15) is 13.2 Å². The zero-order valence-corrected chi connectivity index (χ0v) is 14.2. The van der Waals surface area contributed by atoms with E-state index in [0.29, 0.717) is 12.3 Å². The van der Waals surface area contributed by atoms with E-state index in [1.807, 2.05) is 30.5 Å². The molecule has 3 aromatic rings. The SMILES string of the molecule is FC(F)(F)c1ccc([C@H]2[NH2+]Cc3cc4c(cc3-n3cccc32)OCO4)cc1. The Balaban J connectivity index is 1.57. The van der Waals surface area contributed by atoms with Crippen molar-refractivity contribution in [3.8, 4) is 17.2 Å². The third-order valence-electron chi connectivity index (χ3n) is 5.10. The van der Waals surface area contributed by atoms with Crippen LogP contribution in [0, 0.1) is 0 Å². The number of halogens is 3. The van der Waals surface area contributed by atoms with Gasteiger partial charge in [-0.15, -0.1) is 0 Å². The van der Waals surface area contributed by atoms with E-state index in [0.717, 1.165) is 40.4 Å². The number of aromatic nitrogens is 1. The third kappa shape index (κ3) is 2.66. The molecule has 0 aliphatic carbocycles. The van der Waals surface area contributed by atoms with Gasteiger partial charge in [0.05, 0.1) is 16.9 Å². The van der Waals surface area contributed by atoms with Crippen LogP contribution in [0.25, 0.3) is 5.69 Å². The average Bonchev–Trinajstić information content (AvgIpc) is 3.27. The van der Waals surface area contributed by atoms with E-state index in [1.54, 1.807) is 12.1 Å². The maximum atomic E-state index is 12.9. The quantitative estimate of drug-likeness (QED) is 0.710. The maximum Gasteiger partial charge on any atom is 0.416 e. The highest BCUT2D eigenvalue weighted by Gasteiger charge is 2.32. The maximum absolute atomic E-state index is 12.9. The lowest BCUT2D eigenvalue weighted by atomic mass is 10.0. The molecule has 0 bridgehead atoms.